The van der Waals surface area contributed by atoms with E-state index >= 15 is 0 Å². The number of rotatable bonds is 4. The molecule has 1 aliphatic rings. The van der Waals surface area contributed by atoms with Gasteiger partial charge in [-0.1, -0.05) is 26.0 Å². The Morgan fingerprint density at radius 3 is 2.52 bits per heavy atom. The zero-order valence-corrected chi connectivity index (χ0v) is 17.5. The molecule has 0 spiro atoms. The molecule has 1 aliphatic carbocycles. The molecular formula is C22H25N7. The quantitative estimate of drug-likeness (QED) is 0.530. The van der Waals surface area contributed by atoms with Crippen LogP contribution in [0.1, 0.15) is 67.0 Å². The summed E-state index contributed by atoms with van der Waals surface area (Å²) in [4.78, 5) is 18.9. The van der Waals surface area contributed by atoms with Gasteiger partial charge in [-0.05, 0) is 32.4 Å². The predicted octanol–water partition coefficient (Wildman–Crippen LogP) is 3.96. The van der Waals surface area contributed by atoms with Crippen LogP contribution in [-0.4, -0.2) is 34.3 Å². The second-order valence-electron chi connectivity index (χ2n) is 8.25. The molecule has 1 saturated carbocycles. The molecule has 0 aliphatic heterocycles. The lowest BCUT2D eigenvalue weighted by Gasteiger charge is -2.10. The highest BCUT2D eigenvalue weighted by molar-refractivity contribution is 5.76. The van der Waals surface area contributed by atoms with E-state index in [2.05, 4.69) is 64.8 Å². The Kier molecular flexibility index (Phi) is 4.01. The minimum atomic E-state index is 0.267. The second-order valence-corrected chi connectivity index (χ2v) is 8.25. The lowest BCUT2D eigenvalue weighted by molar-refractivity contribution is 0.694. The second kappa shape index (κ2) is 6.47. The first-order chi connectivity index (χ1) is 13.9. The van der Waals surface area contributed by atoms with Crippen molar-refractivity contribution in [3.63, 3.8) is 0 Å². The summed E-state index contributed by atoms with van der Waals surface area (Å²) in [5.41, 5.74) is 3.29. The average molecular weight is 387 g/mol. The molecule has 0 N–H and O–H groups in total. The minimum Gasteiger partial charge on any atom is -0.331 e. The average Bonchev–Trinajstić information content (AvgIpc) is 3.28. The van der Waals surface area contributed by atoms with Crippen LogP contribution in [-0.2, 0) is 7.05 Å². The van der Waals surface area contributed by atoms with Gasteiger partial charge >= 0.3 is 0 Å². The summed E-state index contributed by atoms with van der Waals surface area (Å²) in [6, 6.07) is 10.4. The van der Waals surface area contributed by atoms with Gasteiger partial charge in [-0.3, -0.25) is 0 Å². The summed E-state index contributed by atoms with van der Waals surface area (Å²) in [5.74, 6) is 5.39. The zero-order chi connectivity index (χ0) is 20.3. The van der Waals surface area contributed by atoms with E-state index < -0.39 is 0 Å². The number of hydrogen-bond donors (Lipinski definition) is 0. The van der Waals surface area contributed by atoms with Crippen molar-refractivity contribution >= 4 is 11.0 Å². The molecular weight excluding hydrogens is 362 g/mol. The Morgan fingerprint density at radius 1 is 0.966 bits per heavy atom. The molecule has 3 heterocycles. The number of para-hydroxylation sites is 2. The maximum absolute atomic E-state index is 4.89. The van der Waals surface area contributed by atoms with E-state index in [4.69, 9.17) is 9.97 Å². The van der Waals surface area contributed by atoms with E-state index in [1.54, 1.807) is 0 Å². The van der Waals surface area contributed by atoms with Gasteiger partial charge in [0.15, 0.2) is 5.82 Å². The SMILES string of the molecule is Cc1nc(C2C[C@H]2c2nc3ccccc3n2C)cc(-n2nc(C)nc2C(C)C)n1. The van der Waals surface area contributed by atoms with E-state index in [0.717, 1.165) is 46.7 Å². The van der Waals surface area contributed by atoms with Gasteiger partial charge in [-0.15, -0.1) is 5.10 Å². The summed E-state index contributed by atoms with van der Waals surface area (Å²) >= 11 is 0. The molecule has 2 atom stereocenters. The highest BCUT2D eigenvalue weighted by Crippen LogP contribution is 2.54. The number of aromatic nitrogens is 7. The predicted molar refractivity (Wildman–Crippen MR) is 111 cm³/mol. The molecule has 0 amide bonds. The van der Waals surface area contributed by atoms with Gasteiger partial charge in [0.25, 0.3) is 0 Å². The lowest BCUT2D eigenvalue weighted by Crippen LogP contribution is -2.09. The zero-order valence-electron chi connectivity index (χ0n) is 17.5. The molecule has 7 heteroatoms. The maximum atomic E-state index is 4.89. The third-order valence-corrected chi connectivity index (χ3v) is 5.64. The first kappa shape index (κ1) is 18.0. The van der Waals surface area contributed by atoms with Gasteiger partial charge < -0.3 is 4.57 Å². The van der Waals surface area contributed by atoms with E-state index in [9.17, 15) is 0 Å². The van der Waals surface area contributed by atoms with Crippen LogP contribution >= 0.6 is 0 Å². The summed E-state index contributed by atoms with van der Waals surface area (Å²) in [7, 11) is 2.10. The van der Waals surface area contributed by atoms with Crippen LogP contribution in [0.15, 0.2) is 30.3 Å². The molecule has 5 rings (SSSR count). The van der Waals surface area contributed by atoms with Crippen molar-refractivity contribution in [3.05, 3.63) is 59.3 Å². The number of hydrogen-bond acceptors (Lipinski definition) is 5. The smallest absolute Gasteiger partial charge is 0.159 e. The fourth-order valence-corrected chi connectivity index (χ4v) is 4.15. The van der Waals surface area contributed by atoms with Crippen molar-refractivity contribution in [1.82, 2.24) is 34.3 Å². The standard InChI is InChI=1S/C22H25N7/c1-12(2)21-25-14(4)27-29(21)20-11-18(23-13(3)24-20)15-10-16(15)22-26-17-8-6-7-9-19(17)28(22)5/h6-9,11-12,15-16H,10H2,1-5H3/t15?,16-/m1/s1. The molecule has 0 bridgehead atoms. The molecule has 0 radical (unpaired) electrons. The first-order valence-corrected chi connectivity index (χ1v) is 10.1. The lowest BCUT2D eigenvalue weighted by atomic mass is 10.2. The van der Waals surface area contributed by atoms with Crippen LogP contribution in [0.2, 0.25) is 0 Å². The maximum Gasteiger partial charge on any atom is 0.159 e. The van der Waals surface area contributed by atoms with Gasteiger partial charge in [0, 0.05) is 30.9 Å². The summed E-state index contributed by atoms with van der Waals surface area (Å²) in [6.07, 6.45) is 1.06. The monoisotopic (exact) mass is 387 g/mol. The Morgan fingerprint density at radius 2 is 1.76 bits per heavy atom. The van der Waals surface area contributed by atoms with Crippen molar-refractivity contribution in [3.8, 4) is 5.82 Å². The van der Waals surface area contributed by atoms with Crippen LogP contribution < -0.4 is 0 Å². The van der Waals surface area contributed by atoms with Crippen LogP contribution in [0.5, 0.6) is 0 Å². The van der Waals surface area contributed by atoms with Crippen LogP contribution in [0, 0.1) is 13.8 Å². The van der Waals surface area contributed by atoms with E-state index in [-0.39, 0.29) is 5.92 Å². The Hall–Kier alpha value is -3.09. The number of aryl methyl sites for hydroxylation is 3. The summed E-state index contributed by atoms with van der Waals surface area (Å²) in [5, 5.41) is 4.58. The highest BCUT2D eigenvalue weighted by Gasteiger charge is 2.44. The van der Waals surface area contributed by atoms with E-state index in [0.29, 0.717) is 11.8 Å². The molecule has 1 aromatic carbocycles. The van der Waals surface area contributed by atoms with Crippen LogP contribution in [0.25, 0.3) is 16.9 Å². The largest absolute Gasteiger partial charge is 0.331 e. The van der Waals surface area contributed by atoms with E-state index in [1.807, 2.05) is 24.6 Å². The van der Waals surface area contributed by atoms with Crippen molar-refractivity contribution < 1.29 is 0 Å². The number of imidazole rings is 1. The molecule has 4 aromatic rings. The minimum absolute atomic E-state index is 0.267. The highest BCUT2D eigenvalue weighted by atomic mass is 15.4. The van der Waals surface area contributed by atoms with Crippen molar-refractivity contribution in [2.45, 2.75) is 51.9 Å². The number of nitrogens with zero attached hydrogens (tertiary/aromatic N) is 7. The summed E-state index contributed by atoms with van der Waals surface area (Å²) in [6.45, 7) is 8.10. The van der Waals surface area contributed by atoms with Crippen LogP contribution in [0.4, 0.5) is 0 Å². The van der Waals surface area contributed by atoms with E-state index in [1.165, 1.54) is 5.52 Å². The Balaban J connectivity index is 1.51. The molecule has 3 aromatic heterocycles. The Bertz CT molecular complexity index is 1220. The van der Waals surface area contributed by atoms with Gasteiger partial charge in [0.05, 0.1) is 16.7 Å². The van der Waals surface area contributed by atoms with Crippen LogP contribution in [0.3, 0.4) is 0 Å². The molecule has 1 unspecified atom stereocenters. The molecule has 7 nitrogen and oxygen atoms in total. The molecule has 0 saturated heterocycles. The fourth-order valence-electron chi connectivity index (χ4n) is 4.15. The topological polar surface area (TPSA) is 74.3 Å². The first-order valence-electron chi connectivity index (χ1n) is 10.1. The van der Waals surface area contributed by atoms with Crippen molar-refractivity contribution in [2.24, 2.45) is 7.05 Å². The van der Waals surface area contributed by atoms with Crippen molar-refractivity contribution in [1.29, 1.82) is 0 Å². The molecule has 148 valence electrons. The van der Waals surface area contributed by atoms with Gasteiger partial charge in [0.2, 0.25) is 0 Å². The van der Waals surface area contributed by atoms with Gasteiger partial charge in [-0.25, -0.2) is 19.9 Å². The third-order valence-electron chi connectivity index (χ3n) is 5.64. The normalized spacial score (nSPS) is 18.7. The molecule has 29 heavy (non-hydrogen) atoms. The van der Waals surface area contributed by atoms with Gasteiger partial charge in [-0.2, -0.15) is 4.68 Å². The molecule has 1 fully saturated rings. The number of fused-ring (bicyclic) bond motifs is 1. The van der Waals surface area contributed by atoms with Crippen molar-refractivity contribution in [2.75, 3.05) is 0 Å². The Labute approximate surface area is 169 Å². The number of benzene rings is 1. The third kappa shape index (κ3) is 3.01. The fraction of sp³-hybridized carbons (Fsp3) is 0.409. The van der Waals surface area contributed by atoms with Gasteiger partial charge in [0.1, 0.15) is 23.3 Å². The summed E-state index contributed by atoms with van der Waals surface area (Å²) < 4.78 is 4.08.